The molecule has 0 N–H and O–H groups in total. The van der Waals surface area contributed by atoms with E-state index in [-0.39, 0.29) is 11.6 Å². The van der Waals surface area contributed by atoms with Crippen LogP contribution in [0.5, 0.6) is 0 Å². The molecular formula is C24H24F2N6OS. The molecule has 1 spiro atoms. The Morgan fingerprint density at radius 3 is 2.82 bits per heavy atom. The lowest BCUT2D eigenvalue weighted by Gasteiger charge is -2.34. The molecule has 0 amide bonds. The highest BCUT2D eigenvalue weighted by Gasteiger charge is 2.51. The smallest absolute Gasteiger partial charge is 0.169 e. The summed E-state index contributed by atoms with van der Waals surface area (Å²) < 4.78 is 35.1. The second-order valence-corrected chi connectivity index (χ2v) is 10.2. The molecule has 0 radical (unpaired) electrons. The molecule has 2 atom stereocenters. The lowest BCUT2D eigenvalue weighted by Crippen LogP contribution is -2.43. The Morgan fingerprint density at radius 1 is 1.15 bits per heavy atom. The zero-order valence-electron chi connectivity index (χ0n) is 18.7. The predicted octanol–water partition coefficient (Wildman–Crippen LogP) is 3.47. The fraction of sp³-hybridized carbons (Fsp3) is 0.375. The highest BCUT2D eigenvalue weighted by atomic mass is 32.2. The molecule has 7 nitrogen and oxygen atoms in total. The predicted molar refractivity (Wildman–Crippen MR) is 127 cm³/mol. The number of piperazine rings is 1. The van der Waals surface area contributed by atoms with E-state index in [0.29, 0.717) is 12.4 Å². The van der Waals surface area contributed by atoms with E-state index in [0.717, 1.165) is 55.2 Å². The molecule has 0 bridgehead atoms. The first-order chi connectivity index (χ1) is 16.5. The van der Waals surface area contributed by atoms with Crippen LogP contribution in [0.2, 0.25) is 0 Å². The first-order valence-electron chi connectivity index (χ1n) is 11.3. The molecule has 2 fully saturated rings. The van der Waals surface area contributed by atoms with Gasteiger partial charge in [-0.05, 0) is 37.8 Å². The van der Waals surface area contributed by atoms with Crippen molar-refractivity contribution in [3.05, 3.63) is 71.8 Å². The molecule has 10 heteroatoms. The Hall–Kier alpha value is -2.98. The molecule has 5 heterocycles. The molecule has 0 aliphatic carbocycles. The van der Waals surface area contributed by atoms with Gasteiger partial charge in [0.05, 0.1) is 6.61 Å². The lowest BCUT2D eigenvalue weighted by atomic mass is 9.90. The second-order valence-electron chi connectivity index (χ2n) is 8.90. The molecule has 4 aliphatic rings. The highest BCUT2D eigenvalue weighted by Crippen LogP contribution is 2.55. The summed E-state index contributed by atoms with van der Waals surface area (Å²) in [6.45, 7) is 4.50. The molecule has 2 unspecified atom stereocenters. The van der Waals surface area contributed by atoms with Gasteiger partial charge >= 0.3 is 0 Å². The van der Waals surface area contributed by atoms with Gasteiger partial charge in [0.15, 0.2) is 11.6 Å². The number of aromatic nitrogens is 3. The molecule has 1 aromatic heterocycles. The molecule has 2 aromatic rings. The van der Waals surface area contributed by atoms with Crippen LogP contribution < -0.4 is 0 Å². The topological polar surface area (TPSA) is 58.8 Å². The maximum Gasteiger partial charge on any atom is 0.169 e. The number of rotatable bonds is 3. The van der Waals surface area contributed by atoms with E-state index in [1.54, 1.807) is 11.8 Å². The molecule has 2 saturated heterocycles. The monoisotopic (exact) mass is 482 g/mol. The van der Waals surface area contributed by atoms with Crippen molar-refractivity contribution in [1.29, 1.82) is 0 Å². The number of thioether (sulfide) groups is 1. The third-order valence-corrected chi connectivity index (χ3v) is 8.35. The van der Waals surface area contributed by atoms with E-state index in [4.69, 9.17) is 9.73 Å². The SMILES string of the molecule is CN1CCN(C2=CC=C3OCC4CC=C(c5ncnn5-c5ccc(F)cc5F)SC34C=N2)CC1. The number of allylic oxidation sites excluding steroid dienone is 3. The first-order valence-corrected chi connectivity index (χ1v) is 12.1. The maximum atomic E-state index is 14.5. The molecule has 6 rings (SSSR count). The summed E-state index contributed by atoms with van der Waals surface area (Å²) in [6.07, 6.45) is 10.4. The Bertz CT molecular complexity index is 1250. The molecule has 4 aliphatic heterocycles. The Morgan fingerprint density at radius 2 is 2.00 bits per heavy atom. The number of nitrogens with zero attached hydrogens (tertiary/aromatic N) is 6. The third-order valence-electron chi connectivity index (χ3n) is 6.80. The van der Waals surface area contributed by atoms with Crippen molar-refractivity contribution in [3.8, 4) is 5.69 Å². The van der Waals surface area contributed by atoms with Crippen LogP contribution in [0.1, 0.15) is 12.2 Å². The minimum absolute atomic E-state index is 0.155. The molecule has 1 aromatic carbocycles. The van der Waals surface area contributed by atoms with Gasteiger partial charge < -0.3 is 14.5 Å². The number of likely N-dealkylation sites (N-methyl/N-ethyl adjacent to an activating group) is 1. The van der Waals surface area contributed by atoms with Gasteiger partial charge in [0.1, 0.15) is 34.2 Å². The average Bonchev–Trinajstić information content (AvgIpc) is 3.41. The minimum Gasteiger partial charge on any atom is -0.496 e. The number of aliphatic imine (C=N–C) groups is 1. The summed E-state index contributed by atoms with van der Waals surface area (Å²) in [4.78, 5) is 14.8. The van der Waals surface area contributed by atoms with E-state index < -0.39 is 16.4 Å². The Labute approximate surface area is 200 Å². The fourth-order valence-electron chi connectivity index (χ4n) is 4.81. The summed E-state index contributed by atoms with van der Waals surface area (Å²) in [7, 11) is 2.13. The van der Waals surface area contributed by atoms with Crippen molar-refractivity contribution in [2.24, 2.45) is 10.9 Å². The Balaban J connectivity index is 1.32. The van der Waals surface area contributed by atoms with Crippen LogP contribution >= 0.6 is 11.8 Å². The van der Waals surface area contributed by atoms with Crippen molar-refractivity contribution in [1.82, 2.24) is 24.6 Å². The molecular weight excluding hydrogens is 458 g/mol. The fourth-order valence-corrected chi connectivity index (χ4v) is 6.24. The van der Waals surface area contributed by atoms with Crippen LogP contribution in [-0.4, -0.2) is 75.4 Å². The number of ether oxygens (including phenoxy) is 1. The van der Waals surface area contributed by atoms with Crippen LogP contribution in [0, 0.1) is 17.6 Å². The van der Waals surface area contributed by atoms with E-state index in [1.807, 2.05) is 18.4 Å². The summed E-state index contributed by atoms with van der Waals surface area (Å²) in [5, 5.41) is 4.23. The van der Waals surface area contributed by atoms with Crippen molar-refractivity contribution in [2.75, 3.05) is 39.8 Å². The number of hydrogen-bond donors (Lipinski definition) is 0. The van der Waals surface area contributed by atoms with Gasteiger partial charge in [0.25, 0.3) is 0 Å². The van der Waals surface area contributed by atoms with E-state index >= 15 is 0 Å². The van der Waals surface area contributed by atoms with Gasteiger partial charge in [-0.3, -0.25) is 0 Å². The van der Waals surface area contributed by atoms with Gasteiger partial charge in [0, 0.05) is 49.3 Å². The number of hydrogen-bond acceptors (Lipinski definition) is 7. The largest absolute Gasteiger partial charge is 0.496 e. The highest BCUT2D eigenvalue weighted by molar-refractivity contribution is 8.10. The zero-order valence-corrected chi connectivity index (χ0v) is 19.5. The summed E-state index contributed by atoms with van der Waals surface area (Å²) in [5.41, 5.74) is 0.155. The maximum absolute atomic E-state index is 14.5. The Kier molecular flexibility index (Phi) is 5.29. The molecule has 176 valence electrons. The average molecular weight is 483 g/mol. The number of halogens is 2. The van der Waals surface area contributed by atoms with Crippen molar-refractivity contribution < 1.29 is 13.5 Å². The van der Waals surface area contributed by atoms with E-state index in [1.165, 1.54) is 23.1 Å². The van der Waals surface area contributed by atoms with Gasteiger partial charge in [-0.25, -0.2) is 23.4 Å². The van der Waals surface area contributed by atoms with Crippen molar-refractivity contribution >= 4 is 22.9 Å². The lowest BCUT2D eigenvalue weighted by molar-refractivity contribution is 0.185. The van der Waals surface area contributed by atoms with Crippen molar-refractivity contribution in [2.45, 2.75) is 11.2 Å². The van der Waals surface area contributed by atoms with Crippen molar-refractivity contribution in [3.63, 3.8) is 0 Å². The third kappa shape index (κ3) is 3.56. The van der Waals surface area contributed by atoms with E-state index in [9.17, 15) is 8.78 Å². The zero-order chi connectivity index (χ0) is 23.3. The quantitative estimate of drug-likeness (QED) is 0.668. The number of benzene rings is 1. The van der Waals surface area contributed by atoms with Crippen LogP contribution in [0.15, 0.2) is 59.3 Å². The van der Waals surface area contributed by atoms with Gasteiger partial charge in [0.2, 0.25) is 0 Å². The van der Waals surface area contributed by atoms with E-state index in [2.05, 4.69) is 33.0 Å². The van der Waals surface area contributed by atoms with Crippen LogP contribution in [0.25, 0.3) is 10.6 Å². The molecule has 34 heavy (non-hydrogen) atoms. The molecule has 0 saturated carbocycles. The second kappa shape index (κ2) is 8.35. The van der Waals surface area contributed by atoms with Gasteiger partial charge in [-0.2, -0.15) is 5.10 Å². The summed E-state index contributed by atoms with van der Waals surface area (Å²) in [6, 6.07) is 3.45. The summed E-state index contributed by atoms with van der Waals surface area (Å²) in [5.74, 6) is 1.24. The van der Waals surface area contributed by atoms with Crippen LogP contribution in [-0.2, 0) is 4.74 Å². The standard InChI is InChI=1S/C24H24F2N6OS/c1-30-8-10-31(11-9-30)22-7-6-21-24(14-27-22)16(13-33-21)2-5-20(34-24)23-28-15-29-32(23)19-4-3-17(25)12-18(19)26/h3-7,12,14-16H,2,8-11,13H2,1H3. The van der Waals surface area contributed by atoms with Gasteiger partial charge in [-0.1, -0.05) is 6.08 Å². The summed E-state index contributed by atoms with van der Waals surface area (Å²) >= 11 is 1.61. The van der Waals surface area contributed by atoms with Crippen LogP contribution in [0.3, 0.4) is 0 Å². The van der Waals surface area contributed by atoms with Gasteiger partial charge in [-0.15, -0.1) is 11.8 Å². The normalized spacial score (nSPS) is 26.7. The first kappa shape index (κ1) is 21.5. The minimum atomic E-state index is -0.689. The van der Waals surface area contributed by atoms with Crippen LogP contribution in [0.4, 0.5) is 8.78 Å².